The quantitative estimate of drug-likeness (QED) is 0.805. The molecular formula is C11H14N4. The molecule has 2 heterocycles. The summed E-state index contributed by atoms with van der Waals surface area (Å²) in [6, 6.07) is 5.86. The van der Waals surface area contributed by atoms with Crippen molar-refractivity contribution in [3.63, 3.8) is 0 Å². The highest BCUT2D eigenvalue weighted by atomic mass is 15.1. The Morgan fingerprint density at radius 1 is 1.27 bits per heavy atom. The molecule has 0 saturated carbocycles. The number of imidazole rings is 1. The fourth-order valence-electron chi connectivity index (χ4n) is 1.46. The number of hydrogen-bond donors (Lipinski definition) is 1. The van der Waals surface area contributed by atoms with E-state index in [9.17, 15) is 0 Å². The third-order valence-corrected chi connectivity index (χ3v) is 2.21. The van der Waals surface area contributed by atoms with Gasteiger partial charge in [0.2, 0.25) is 0 Å². The Bertz CT molecular complexity index is 408. The highest BCUT2D eigenvalue weighted by Gasteiger charge is 2.04. The molecule has 78 valence electrons. The largest absolute Gasteiger partial charge is 0.319 e. The number of nitrogens with one attached hydrogen (secondary N) is 1. The zero-order valence-electron chi connectivity index (χ0n) is 8.72. The second kappa shape index (κ2) is 4.70. The van der Waals surface area contributed by atoms with E-state index >= 15 is 0 Å². The number of nitrogens with zero attached hydrogens (tertiary/aromatic N) is 3. The van der Waals surface area contributed by atoms with Crippen molar-refractivity contribution >= 4 is 0 Å². The van der Waals surface area contributed by atoms with Crippen LogP contribution in [0.1, 0.15) is 5.82 Å². The van der Waals surface area contributed by atoms with Crippen LogP contribution >= 0.6 is 0 Å². The lowest BCUT2D eigenvalue weighted by Crippen LogP contribution is -2.13. The summed E-state index contributed by atoms with van der Waals surface area (Å²) in [5, 5.41) is 3.11. The third kappa shape index (κ3) is 2.22. The van der Waals surface area contributed by atoms with Crippen molar-refractivity contribution in [1.29, 1.82) is 0 Å². The van der Waals surface area contributed by atoms with Gasteiger partial charge in [-0.1, -0.05) is 6.07 Å². The first-order valence-corrected chi connectivity index (χ1v) is 5.00. The summed E-state index contributed by atoms with van der Waals surface area (Å²) in [5.41, 5.74) is 0. The first kappa shape index (κ1) is 9.86. The standard InChI is InChI=1S/C11H14N4/c1-12-7-5-11-14-8-9-15(11)10-4-2-3-6-13-10/h2-4,6,8-9,12H,5,7H2,1H3. The predicted octanol–water partition coefficient (Wildman–Crippen LogP) is 1.03. The highest BCUT2D eigenvalue weighted by Crippen LogP contribution is 2.07. The van der Waals surface area contributed by atoms with Gasteiger partial charge in [-0.15, -0.1) is 0 Å². The van der Waals surface area contributed by atoms with E-state index in [4.69, 9.17) is 0 Å². The van der Waals surface area contributed by atoms with Crippen LogP contribution in [-0.2, 0) is 6.42 Å². The van der Waals surface area contributed by atoms with Crippen LogP contribution < -0.4 is 5.32 Å². The van der Waals surface area contributed by atoms with E-state index in [1.54, 1.807) is 12.4 Å². The summed E-state index contributed by atoms with van der Waals surface area (Å²) in [7, 11) is 1.94. The van der Waals surface area contributed by atoms with Gasteiger partial charge in [0, 0.05) is 31.6 Å². The van der Waals surface area contributed by atoms with Crippen molar-refractivity contribution in [3.05, 3.63) is 42.6 Å². The van der Waals surface area contributed by atoms with Crippen molar-refractivity contribution < 1.29 is 0 Å². The van der Waals surface area contributed by atoms with Gasteiger partial charge in [-0.3, -0.25) is 4.57 Å². The summed E-state index contributed by atoms with van der Waals surface area (Å²) in [6.07, 6.45) is 6.43. The molecule has 0 unspecified atom stereocenters. The first-order valence-electron chi connectivity index (χ1n) is 5.00. The minimum atomic E-state index is 0.903. The maximum atomic E-state index is 4.31. The Labute approximate surface area is 89.0 Å². The molecule has 0 atom stereocenters. The van der Waals surface area contributed by atoms with Crippen molar-refractivity contribution in [3.8, 4) is 5.82 Å². The molecule has 0 bridgehead atoms. The molecule has 4 heteroatoms. The van der Waals surface area contributed by atoms with E-state index in [-0.39, 0.29) is 0 Å². The minimum Gasteiger partial charge on any atom is -0.319 e. The van der Waals surface area contributed by atoms with Gasteiger partial charge in [-0.25, -0.2) is 9.97 Å². The Morgan fingerprint density at radius 3 is 2.93 bits per heavy atom. The van der Waals surface area contributed by atoms with E-state index in [2.05, 4.69) is 15.3 Å². The van der Waals surface area contributed by atoms with Gasteiger partial charge in [0.25, 0.3) is 0 Å². The lowest BCUT2D eigenvalue weighted by molar-refractivity contribution is 0.739. The zero-order valence-corrected chi connectivity index (χ0v) is 8.72. The second-order valence-electron chi connectivity index (χ2n) is 3.25. The van der Waals surface area contributed by atoms with E-state index in [0.717, 1.165) is 24.6 Å². The van der Waals surface area contributed by atoms with Crippen LogP contribution in [0, 0.1) is 0 Å². The molecular weight excluding hydrogens is 188 g/mol. The topological polar surface area (TPSA) is 42.7 Å². The van der Waals surface area contributed by atoms with Gasteiger partial charge < -0.3 is 5.32 Å². The average Bonchev–Trinajstić information content (AvgIpc) is 2.75. The van der Waals surface area contributed by atoms with E-state index < -0.39 is 0 Å². The van der Waals surface area contributed by atoms with Crippen LogP contribution in [0.25, 0.3) is 5.82 Å². The van der Waals surface area contributed by atoms with Gasteiger partial charge >= 0.3 is 0 Å². The summed E-state index contributed by atoms with van der Waals surface area (Å²) >= 11 is 0. The molecule has 2 aromatic heterocycles. The van der Waals surface area contributed by atoms with Crippen molar-refractivity contribution in [1.82, 2.24) is 19.9 Å². The van der Waals surface area contributed by atoms with Crippen molar-refractivity contribution in [2.24, 2.45) is 0 Å². The fraction of sp³-hybridized carbons (Fsp3) is 0.273. The molecule has 0 aromatic carbocycles. The Hall–Kier alpha value is -1.68. The van der Waals surface area contributed by atoms with Gasteiger partial charge in [0.1, 0.15) is 11.6 Å². The second-order valence-corrected chi connectivity index (χ2v) is 3.25. The van der Waals surface area contributed by atoms with E-state index in [0.29, 0.717) is 0 Å². The molecule has 0 radical (unpaired) electrons. The van der Waals surface area contributed by atoms with E-state index in [1.807, 2.05) is 36.0 Å². The fourth-order valence-corrected chi connectivity index (χ4v) is 1.46. The number of aromatic nitrogens is 3. The lowest BCUT2D eigenvalue weighted by Gasteiger charge is -2.05. The van der Waals surface area contributed by atoms with Crippen LogP contribution in [0.4, 0.5) is 0 Å². The summed E-state index contributed by atoms with van der Waals surface area (Å²) in [6.45, 7) is 0.920. The first-order chi connectivity index (χ1) is 7.42. The molecule has 2 rings (SSSR count). The number of rotatable bonds is 4. The molecule has 1 N–H and O–H groups in total. The molecule has 0 fully saturated rings. The normalized spacial score (nSPS) is 10.5. The number of likely N-dealkylation sites (N-methyl/N-ethyl adjacent to an activating group) is 1. The molecule has 0 amide bonds. The molecule has 0 aliphatic heterocycles. The van der Waals surface area contributed by atoms with Gasteiger partial charge in [-0.05, 0) is 19.2 Å². The molecule has 15 heavy (non-hydrogen) atoms. The van der Waals surface area contributed by atoms with Crippen molar-refractivity contribution in [2.75, 3.05) is 13.6 Å². The van der Waals surface area contributed by atoms with Gasteiger partial charge in [0.15, 0.2) is 0 Å². The Kier molecular flexibility index (Phi) is 3.09. The van der Waals surface area contributed by atoms with Crippen LogP contribution in [0.2, 0.25) is 0 Å². The Balaban J connectivity index is 2.25. The molecule has 4 nitrogen and oxygen atoms in total. The van der Waals surface area contributed by atoms with E-state index in [1.165, 1.54) is 0 Å². The molecule has 0 spiro atoms. The maximum absolute atomic E-state index is 4.31. The summed E-state index contributed by atoms with van der Waals surface area (Å²) in [4.78, 5) is 8.61. The summed E-state index contributed by atoms with van der Waals surface area (Å²) in [5.74, 6) is 1.95. The zero-order chi connectivity index (χ0) is 10.5. The average molecular weight is 202 g/mol. The monoisotopic (exact) mass is 202 g/mol. The Morgan fingerprint density at radius 2 is 2.20 bits per heavy atom. The van der Waals surface area contributed by atoms with Crippen molar-refractivity contribution in [2.45, 2.75) is 6.42 Å². The third-order valence-electron chi connectivity index (χ3n) is 2.21. The van der Waals surface area contributed by atoms with Gasteiger partial charge in [-0.2, -0.15) is 0 Å². The maximum Gasteiger partial charge on any atom is 0.137 e. The predicted molar refractivity (Wildman–Crippen MR) is 59.0 cm³/mol. The molecule has 0 aliphatic rings. The molecule has 0 saturated heterocycles. The van der Waals surface area contributed by atoms with Crippen LogP contribution in [-0.4, -0.2) is 28.1 Å². The SMILES string of the molecule is CNCCc1nccn1-c1ccccn1. The number of hydrogen-bond acceptors (Lipinski definition) is 3. The molecule has 2 aromatic rings. The lowest BCUT2D eigenvalue weighted by atomic mass is 10.4. The summed E-state index contributed by atoms with van der Waals surface area (Å²) < 4.78 is 2.01. The highest BCUT2D eigenvalue weighted by molar-refractivity contribution is 5.23. The smallest absolute Gasteiger partial charge is 0.137 e. The van der Waals surface area contributed by atoms with Crippen LogP contribution in [0.5, 0.6) is 0 Å². The van der Waals surface area contributed by atoms with Crippen LogP contribution in [0.15, 0.2) is 36.8 Å². The van der Waals surface area contributed by atoms with Gasteiger partial charge in [0.05, 0.1) is 0 Å². The molecule has 0 aliphatic carbocycles. The number of pyridine rings is 1. The minimum absolute atomic E-state index is 0.903. The van der Waals surface area contributed by atoms with Crippen LogP contribution in [0.3, 0.4) is 0 Å².